The summed E-state index contributed by atoms with van der Waals surface area (Å²) in [6.45, 7) is 0.667. The highest BCUT2D eigenvalue weighted by atomic mass is 16.5. The molecule has 2 heterocycles. The van der Waals surface area contributed by atoms with E-state index in [0.29, 0.717) is 36.4 Å². The van der Waals surface area contributed by atoms with Crippen molar-refractivity contribution in [3.63, 3.8) is 0 Å². The molecule has 1 aliphatic heterocycles. The number of carbonyl (C=O) groups is 2. The number of pyridine rings is 1. The van der Waals surface area contributed by atoms with E-state index < -0.39 is 11.3 Å². The third kappa shape index (κ3) is 4.39. The maximum absolute atomic E-state index is 13.4. The van der Waals surface area contributed by atoms with Gasteiger partial charge in [-0.2, -0.15) is 0 Å². The van der Waals surface area contributed by atoms with Crippen molar-refractivity contribution in [1.29, 1.82) is 0 Å². The highest BCUT2D eigenvalue weighted by molar-refractivity contribution is 5.98. The molecule has 33 heavy (non-hydrogen) atoms. The minimum Gasteiger partial charge on any atom is -0.497 e. The van der Waals surface area contributed by atoms with Gasteiger partial charge in [0.15, 0.2) is 0 Å². The molecule has 170 valence electrons. The van der Waals surface area contributed by atoms with Crippen LogP contribution in [0.2, 0.25) is 0 Å². The number of rotatable bonds is 7. The lowest BCUT2D eigenvalue weighted by molar-refractivity contribution is -0.126. The molecule has 1 saturated heterocycles. The van der Waals surface area contributed by atoms with E-state index in [1.54, 1.807) is 42.6 Å². The van der Waals surface area contributed by atoms with Crippen LogP contribution >= 0.6 is 0 Å². The topological polar surface area (TPSA) is 94.8 Å². The van der Waals surface area contributed by atoms with Crippen molar-refractivity contribution in [3.05, 3.63) is 78.1 Å². The molecule has 2 aromatic carbocycles. The average Bonchev–Trinajstić information content (AvgIpc) is 3.29. The number of primary amides is 1. The number of carbonyl (C=O) groups excluding carboxylic acids is 2. The van der Waals surface area contributed by atoms with Gasteiger partial charge in [0, 0.05) is 31.0 Å². The van der Waals surface area contributed by atoms with Crippen molar-refractivity contribution in [2.24, 2.45) is 11.1 Å². The van der Waals surface area contributed by atoms with Crippen molar-refractivity contribution in [2.45, 2.75) is 12.8 Å². The number of benzene rings is 2. The van der Waals surface area contributed by atoms with E-state index in [-0.39, 0.29) is 12.5 Å². The van der Waals surface area contributed by atoms with Crippen molar-refractivity contribution in [3.8, 4) is 22.6 Å². The van der Waals surface area contributed by atoms with E-state index in [0.717, 1.165) is 16.7 Å². The summed E-state index contributed by atoms with van der Waals surface area (Å²) in [4.78, 5) is 32.0. The molecule has 1 fully saturated rings. The van der Waals surface area contributed by atoms with Gasteiger partial charge in [-0.15, -0.1) is 0 Å². The molecule has 0 aliphatic carbocycles. The van der Waals surface area contributed by atoms with Crippen LogP contribution in [-0.4, -0.2) is 49.0 Å². The Bertz CT molecular complexity index is 1170. The number of amides is 2. The van der Waals surface area contributed by atoms with Gasteiger partial charge in [0.25, 0.3) is 5.91 Å². The van der Waals surface area contributed by atoms with Crippen LogP contribution in [0.15, 0.2) is 67.0 Å². The summed E-state index contributed by atoms with van der Waals surface area (Å²) in [6, 6.07) is 16.9. The molecule has 0 spiro atoms. The zero-order chi connectivity index (χ0) is 23.4. The predicted octanol–water partition coefficient (Wildman–Crippen LogP) is 3.33. The highest BCUT2D eigenvalue weighted by Crippen LogP contribution is 2.38. The van der Waals surface area contributed by atoms with Crippen LogP contribution in [0, 0.1) is 5.41 Å². The molecule has 2 N–H and O–H groups in total. The van der Waals surface area contributed by atoms with Crippen LogP contribution in [0.5, 0.6) is 11.5 Å². The van der Waals surface area contributed by atoms with Gasteiger partial charge in [-0.1, -0.05) is 30.3 Å². The Hall–Kier alpha value is -3.87. The fraction of sp³-hybridized carbons (Fsp3) is 0.269. The molecular weight excluding hydrogens is 418 g/mol. The molecule has 7 heteroatoms. The molecular formula is C26H27N3O4. The van der Waals surface area contributed by atoms with Crippen molar-refractivity contribution < 1.29 is 19.1 Å². The second-order valence-electron chi connectivity index (χ2n) is 8.26. The zero-order valence-electron chi connectivity index (χ0n) is 18.8. The van der Waals surface area contributed by atoms with E-state index in [1.807, 2.05) is 36.4 Å². The van der Waals surface area contributed by atoms with E-state index in [4.69, 9.17) is 15.2 Å². The molecule has 0 saturated carbocycles. The lowest BCUT2D eigenvalue weighted by atomic mass is 9.78. The lowest BCUT2D eigenvalue weighted by Gasteiger charge is -2.27. The minimum atomic E-state index is -0.861. The summed E-state index contributed by atoms with van der Waals surface area (Å²) in [5, 5.41) is 0. The number of nitrogens with zero attached hydrogens (tertiary/aromatic N) is 2. The van der Waals surface area contributed by atoms with E-state index in [9.17, 15) is 9.59 Å². The monoisotopic (exact) mass is 445 g/mol. The number of likely N-dealkylation sites (tertiary alicyclic amines) is 1. The molecule has 3 aromatic rings. The summed E-state index contributed by atoms with van der Waals surface area (Å²) >= 11 is 0. The van der Waals surface area contributed by atoms with Crippen LogP contribution in [-0.2, 0) is 11.2 Å². The third-order valence-electron chi connectivity index (χ3n) is 6.32. The van der Waals surface area contributed by atoms with Gasteiger partial charge in [0.2, 0.25) is 5.91 Å². The molecule has 1 aliphatic rings. The van der Waals surface area contributed by atoms with Crippen LogP contribution in [0.4, 0.5) is 0 Å². The molecule has 2 amide bonds. The first-order valence-electron chi connectivity index (χ1n) is 10.8. The van der Waals surface area contributed by atoms with Crippen molar-refractivity contribution in [1.82, 2.24) is 9.88 Å². The van der Waals surface area contributed by atoms with Crippen LogP contribution < -0.4 is 15.2 Å². The first-order chi connectivity index (χ1) is 16.0. The average molecular weight is 446 g/mol. The second-order valence-corrected chi connectivity index (χ2v) is 8.26. The van der Waals surface area contributed by atoms with E-state index >= 15 is 0 Å². The maximum atomic E-state index is 13.4. The van der Waals surface area contributed by atoms with E-state index in [2.05, 4.69) is 4.98 Å². The van der Waals surface area contributed by atoms with Crippen LogP contribution in [0.3, 0.4) is 0 Å². The Labute approximate surface area is 193 Å². The second kappa shape index (κ2) is 9.32. The van der Waals surface area contributed by atoms with Gasteiger partial charge in [0.1, 0.15) is 11.5 Å². The predicted molar refractivity (Wildman–Crippen MR) is 125 cm³/mol. The molecule has 0 unspecified atom stereocenters. The molecule has 1 aromatic heterocycles. The lowest BCUT2D eigenvalue weighted by Crippen LogP contribution is -2.42. The number of ether oxygens (including phenoxy) is 2. The largest absolute Gasteiger partial charge is 0.497 e. The summed E-state index contributed by atoms with van der Waals surface area (Å²) in [6.07, 6.45) is 4.45. The quantitative estimate of drug-likeness (QED) is 0.602. The first kappa shape index (κ1) is 22.3. The Kier molecular flexibility index (Phi) is 6.31. The maximum Gasteiger partial charge on any atom is 0.257 e. The Morgan fingerprint density at radius 2 is 1.91 bits per heavy atom. The number of methoxy groups -OCH3 is 2. The molecule has 0 radical (unpaired) electrons. The SMILES string of the molecule is COc1ccc(OC)c(C(=O)N2CC[C@](Cc3ccccc3-c3cccnc3)(C(N)=O)C2)c1. The number of hydrogen-bond acceptors (Lipinski definition) is 5. The zero-order valence-corrected chi connectivity index (χ0v) is 18.8. The summed E-state index contributed by atoms with van der Waals surface area (Å²) in [5.74, 6) is 0.398. The van der Waals surface area contributed by atoms with Crippen LogP contribution in [0.1, 0.15) is 22.3 Å². The fourth-order valence-electron chi connectivity index (χ4n) is 4.47. The van der Waals surface area contributed by atoms with Gasteiger partial charge >= 0.3 is 0 Å². The Balaban J connectivity index is 1.63. The fourth-order valence-corrected chi connectivity index (χ4v) is 4.47. The first-order valence-corrected chi connectivity index (χ1v) is 10.8. The summed E-state index contributed by atoms with van der Waals surface area (Å²) in [5.41, 5.74) is 8.45. The van der Waals surface area contributed by atoms with Gasteiger partial charge < -0.3 is 20.1 Å². The summed E-state index contributed by atoms with van der Waals surface area (Å²) < 4.78 is 10.7. The van der Waals surface area contributed by atoms with Crippen molar-refractivity contribution >= 4 is 11.8 Å². The smallest absolute Gasteiger partial charge is 0.257 e. The molecule has 7 nitrogen and oxygen atoms in total. The van der Waals surface area contributed by atoms with Crippen LogP contribution in [0.25, 0.3) is 11.1 Å². The van der Waals surface area contributed by atoms with Gasteiger partial charge in [-0.3, -0.25) is 14.6 Å². The van der Waals surface area contributed by atoms with Gasteiger partial charge in [-0.25, -0.2) is 0 Å². The minimum absolute atomic E-state index is 0.214. The molecule has 1 atom stereocenters. The Morgan fingerprint density at radius 3 is 2.61 bits per heavy atom. The van der Waals surface area contributed by atoms with E-state index in [1.165, 1.54) is 7.11 Å². The normalized spacial score (nSPS) is 17.6. The molecule has 4 rings (SSSR count). The summed E-state index contributed by atoms with van der Waals surface area (Å²) in [7, 11) is 3.06. The number of hydrogen-bond donors (Lipinski definition) is 1. The standard InChI is InChI=1S/C26H27N3O4/c1-32-20-9-10-23(33-2)22(14-20)24(30)29-13-11-26(17-29,25(27)31)15-18-6-3-4-8-21(18)19-7-5-12-28-16-19/h3-10,12,14,16H,11,13,15,17H2,1-2H3,(H2,27,31)/t26-/m1/s1. The van der Waals surface area contributed by atoms with Gasteiger partial charge in [0.05, 0.1) is 25.2 Å². The highest BCUT2D eigenvalue weighted by Gasteiger charge is 2.45. The third-order valence-corrected chi connectivity index (χ3v) is 6.32. The number of nitrogens with two attached hydrogens (primary N) is 1. The Morgan fingerprint density at radius 1 is 1.09 bits per heavy atom. The van der Waals surface area contributed by atoms with Crippen molar-refractivity contribution in [2.75, 3.05) is 27.3 Å². The number of aromatic nitrogens is 1. The molecule has 0 bridgehead atoms. The van der Waals surface area contributed by atoms with Gasteiger partial charge in [-0.05, 0) is 48.2 Å².